The monoisotopic (exact) mass is 343 g/mol. The Kier molecular flexibility index (Phi) is 20.8. The van der Waals surface area contributed by atoms with Crippen molar-refractivity contribution in [1.82, 2.24) is 0 Å². The maximum absolute atomic E-state index is 9.10. The Bertz CT molecular complexity index is 221. The molecule has 0 rings (SSSR count). The lowest BCUT2D eigenvalue weighted by atomic mass is 10.0. The zero-order valence-electron chi connectivity index (χ0n) is 16.2. The van der Waals surface area contributed by atoms with Crippen LogP contribution >= 0.6 is 0 Å². The van der Waals surface area contributed by atoms with Crippen LogP contribution < -0.4 is 0 Å². The van der Waals surface area contributed by atoms with Gasteiger partial charge in [0, 0.05) is 0 Å². The fourth-order valence-electron chi connectivity index (χ4n) is 2.91. The van der Waals surface area contributed by atoms with E-state index in [-0.39, 0.29) is 13.2 Å². The molecule has 145 valence electrons. The number of unbranched alkanes of at least 4 members (excludes halogenated alkanes) is 15. The smallest absolute Gasteiger partial charge is 0.100 e. The summed E-state index contributed by atoms with van der Waals surface area (Å²) in [5.74, 6) is 0. The third-order valence-corrected chi connectivity index (χ3v) is 4.54. The van der Waals surface area contributed by atoms with Gasteiger partial charge in [0.15, 0.2) is 0 Å². The summed E-state index contributed by atoms with van der Waals surface area (Å²) >= 11 is 0. The summed E-state index contributed by atoms with van der Waals surface area (Å²) in [6, 6.07) is 0. The Labute approximate surface area is 151 Å². The summed E-state index contributed by atoms with van der Waals surface area (Å²) < 4.78 is 5.17. The van der Waals surface area contributed by atoms with E-state index in [2.05, 4.69) is 6.92 Å². The summed E-state index contributed by atoms with van der Waals surface area (Å²) in [6.07, 6.45) is 20.9. The standard InChI is InChI=1S/C21H43O3/c1-2-3-4-5-6-7-8-9-10-11-12-13-14-15-16-17-18-24-20-21(23)19-22/h18,21-23H,2-17,19-20H2,1H3. The quantitative estimate of drug-likeness (QED) is 0.275. The van der Waals surface area contributed by atoms with Crippen LogP contribution in [0.3, 0.4) is 0 Å². The molecular formula is C21H43O3. The van der Waals surface area contributed by atoms with Gasteiger partial charge in [-0.1, -0.05) is 103 Å². The SMILES string of the molecule is CCCCCCCCCCCCCCCCC[CH]OCC(O)CO. The highest BCUT2D eigenvalue weighted by atomic mass is 16.5. The minimum absolute atomic E-state index is 0.204. The lowest BCUT2D eigenvalue weighted by Gasteiger charge is -2.07. The maximum Gasteiger partial charge on any atom is 0.100 e. The van der Waals surface area contributed by atoms with Crippen molar-refractivity contribution >= 4 is 0 Å². The molecule has 0 aliphatic carbocycles. The number of aliphatic hydroxyl groups is 2. The molecular weight excluding hydrogens is 300 g/mol. The molecule has 0 fully saturated rings. The molecule has 24 heavy (non-hydrogen) atoms. The molecule has 0 aliphatic heterocycles. The van der Waals surface area contributed by atoms with Crippen molar-refractivity contribution in [2.75, 3.05) is 13.2 Å². The van der Waals surface area contributed by atoms with E-state index in [1.807, 2.05) is 0 Å². The summed E-state index contributed by atoms with van der Waals surface area (Å²) in [5, 5.41) is 17.7. The van der Waals surface area contributed by atoms with E-state index in [1.165, 1.54) is 89.9 Å². The van der Waals surface area contributed by atoms with Crippen molar-refractivity contribution in [2.45, 2.75) is 116 Å². The highest BCUT2D eigenvalue weighted by Gasteiger charge is 2.01. The maximum atomic E-state index is 9.10. The summed E-state index contributed by atoms with van der Waals surface area (Å²) in [5.41, 5.74) is 0. The van der Waals surface area contributed by atoms with E-state index in [1.54, 1.807) is 6.61 Å². The highest BCUT2D eigenvalue weighted by molar-refractivity contribution is 4.56. The van der Waals surface area contributed by atoms with Crippen molar-refractivity contribution in [1.29, 1.82) is 0 Å². The zero-order chi connectivity index (χ0) is 17.7. The Hall–Kier alpha value is -0.120. The van der Waals surface area contributed by atoms with Crippen molar-refractivity contribution in [3.8, 4) is 0 Å². The molecule has 0 heterocycles. The van der Waals surface area contributed by atoms with Gasteiger partial charge in [-0.2, -0.15) is 0 Å². The molecule has 0 saturated carbocycles. The molecule has 1 atom stereocenters. The number of hydrogen-bond acceptors (Lipinski definition) is 3. The second-order valence-corrected chi connectivity index (χ2v) is 7.07. The van der Waals surface area contributed by atoms with Crippen LogP contribution in [0.4, 0.5) is 0 Å². The molecule has 0 aromatic carbocycles. The molecule has 2 N–H and O–H groups in total. The number of ether oxygens (including phenoxy) is 1. The second-order valence-electron chi connectivity index (χ2n) is 7.07. The molecule has 3 nitrogen and oxygen atoms in total. The first-order valence-electron chi connectivity index (χ1n) is 10.5. The van der Waals surface area contributed by atoms with Crippen LogP contribution in [-0.2, 0) is 4.74 Å². The van der Waals surface area contributed by atoms with Crippen LogP contribution in [0.15, 0.2) is 0 Å². The molecule has 1 unspecified atom stereocenters. The Morgan fingerprint density at radius 3 is 1.54 bits per heavy atom. The van der Waals surface area contributed by atoms with Gasteiger partial charge in [-0.15, -0.1) is 0 Å². The highest BCUT2D eigenvalue weighted by Crippen LogP contribution is 2.13. The first-order valence-corrected chi connectivity index (χ1v) is 10.5. The molecule has 3 heteroatoms. The minimum Gasteiger partial charge on any atom is -0.394 e. The van der Waals surface area contributed by atoms with Gasteiger partial charge in [0.05, 0.1) is 19.8 Å². The Balaban J connectivity index is 2.98. The average molecular weight is 344 g/mol. The van der Waals surface area contributed by atoms with E-state index in [4.69, 9.17) is 14.9 Å². The number of hydrogen-bond donors (Lipinski definition) is 2. The van der Waals surface area contributed by atoms with E-state index < -0.39 is 6.10 Å². The normalized spacial score (nSPS) is 12.6. The number of rotatable bonds is 20. The molecule has 0 aromatic rings. The Morgan fingerprint density at radius 2 is 1.12 bits per heavy atom. The molecule has 0 aliphatic rings. The Morgan fingerprint density at radius 1 is 0.708 bits per heavy atom. The largest absolute Gasteiger partial charge is 0.394 e. The molecule has 0 bridgehead atoms. The van der Waals surface area contributed by atoms with Gasteiger partial charge in [-0.3, -0.25) is 0 Å². The molecule has 1 radical (unpaired) electrons. The third kappa shape index (κ3) is 19.9. The van der Waals surface area contributed by atoms with Crippen LogP contribution in [0, 0.1) is 6.61 Å². The lowest BCUT2D eigenvalue weighted by molar-refractivity contribution is 0.0249. The third-order valence-electron chi connectivity index (χ3n) is 4.54. The van der Waals surface area contributed by atoms with E-state index >= 15 is 0 Å². The predicted molar refractivity (Wildman–Crippen MR) is 103 cm³/mol. The number of aliphatic hydroxyl groups excluding tert-OH is 2. The van der Waals surface area contributed by atoms with E-state index in [0.29, 0.717) is 0 Å². The molecule has 0 spiro atoms. The fourth-order valence-corrected chi connectivity index (χ4v) is 2.91. The van der Waals surface area contributed by atoms with Crippen molar-refractivity contribution in [2.24, 2.45) is 0 Å². The van der Waals surface area contributed by atoms with Crippen LogP contribution in [0.25, 0.3) is 0 Å². The topological polar surface area (TPSA) is 49.7 Å². The molecule has 0 aromatic heterocycles. The van der Waals surface area contributed by atoms with Crippen molar-refractivity contribution in [3.63, 3.8) is 0 Å². The van der Waals surface area contributed by atoms with Gasteiger partial charge in [-0.25, -0.2) is 0 Å². The summed E-state index contributed by atoms with van der Waals surface area (Å²) in [6.45, 7) is 4.02. The van der Waals surface area contributed by atoms with E-state index in [9.17, 15) is 0 Å². The van der Waals surface area contributed by atoms with Crippen molar-refractivity contribution < 1.29 is 14.9 Å². The van der Waals surface area contributed by atoms with Gasteiger partial charge < -0.3 is 14.9 Å². The fraction of sp³-hybridized carbons (Fsp3) is 0.952. The van der Waals surface area contributed by atoms with Crippen LogP contribution in [0.5, 0.6) is 0 Å². The second kappa shape index (κ2) is 20.9. The first-order chi connectivity index (χ1) is 11.8. The lowest BCUT2D eigenvalue weighted by Crippen LogP contribution is -2.18. The predicted octanol–water partition coefficient (Wildman–Crippen LogP) is 5.78. The minimum atomic E-state index is -0.748. The van der Waals surface area contributed by atoms with Gasteiger partial charge in [0.2, 0.25) is 0 Å². The van der Waals surface area contributed by atoms with Crippen molar-refractivity contribution in [3.05, 3.63) is 6.61 Å². The molecule has 0 amide bonds. The average Bonchev–Trinajstić information content (AvgIpc) is 2.60. The zero-order valence-corrected chi connectivity index (χ0v) is 16.2. The van der Waals surface area contributed by atoms with Crippen LogP contribution in [0.2, 0.25) is 0 Å². The van der Waals surface area contributed by atoms with Gasteiger partial charge in [-0.05, 0) is 6.42 Å². The van der Waals surface area contributed by atoms with Gasteiger partial charge >= 0.3 is 0 Å². The first kappa shape index (κ1) is 23.9. The summed E-state index contributed by atoms with van der Waals surface area (Å²) in [4.78, 5) is 0. The van der Waals surface area contributed by atoms with Gasteiger partial charge in [0.1, 0.15) is 6.10 Å². The van der Waals surface area contributed by atoms with E-state index in [0.717, 1.165) is 12.8 Å². The molecule has 0 saturated heterocycles. The van der Waals surface area contributed by atoms with Crippen LogP contribution in [0.1, 0.15) is 110 Å². The van der Waals surface area contributed by atoms with Crippen LogP contribution in [-0.4, -0.2) is 29.5 Å². The summed E-state index contributed by atoms with van der Waals surface area (Å²) in [7, 11) is 0. The van der Waals surface area contributed by atoms with Gasteiger partial charge in [0.25, 0.3) is 0 Å².